The van der Waals surface area contributed by atoms with E-state index in [0.717, 1.165) is 29.3 Å². The van der Waals surface area contributed by atoms with E-state index in [1.165, 1.54) is 4.90 Å². The molecule has 1 amide bonds. The molecular weight excluding hydrogens is 471 g/mol. The molecule has 1 aliphatic heterocycles. The van der Waals surface area contributed by atoms with Crippen LogP contribution in [0.1, 0.15) is 58.3 Å². The van der Waals surface area contributed by atoms with Crippen molar-refractivity contribution in [2.24, 2.45) is 0 Å². The topological polar surface area (TPSA) is 71.5 Å². The van der Waals surface area contributed by atoms with Crippen LogP contribution in [0.5, 0.6) is 0 Å². The number of halogens is 4. The van der Waals surface area contributed by atoms with Crippen LogP contribution in [-0.2, 0) is 39.9 Å². The minimum atomic E-state index is -4.52. The van der Waals surface area contributed by atoms with Gasteiger partial charge in [-0.05, 0) is 53.8 Å². The second-order valence-corrected chi connectivity index (χ2v) is 9.09. The monoisotopic (exact) mass is 491 g/mol. The first-order valence-corrected chi connectivity index (χ1v) is 11.2. The number of nitrogens with zero attached hydrogens (tertiary/aromatic N) is 1. The molecule has 2 aliphatic rings. The van der Waals surface area contributed by atoms with Gasteiger partial charge >= 0.3 is 6.18 Å². The van der Waals surface area contributed by atoms with Crippen LogP contribution < -0.4 is 0 Å². The van der Waals surface area contributed by atoms with Gasteiger partial charge in [-0.25, -0.2) is 0 Å². The lowest BCUT2D eigenvalue weighted by atomic mass is 9.92. The lowest BCUT2D eigenvalue weighted by Gasteiger charge is -2.29. The molecule has 0 N–H and O–H groups in total. The van der Waals surface area contributed by atoms with Crippen molar-refractivity contribution >= 4 is 34.9 Å². The number of ketones is 3. The van der Waals surface area contributed by atoms with Crippen molar-refractivity contribution in [2.75, 3.05) is 0 Å². The molecule has 0 spiro atoms. The van der Waals surface area contributed by atoms with E-state index in [0.29, 0.717) is 18.4 Å². The molecule has 1 saturated carbocycles. The summed E-state index contributed by atoms with van der Waals surface area (Å²) in [6.07, 6.45) is -3.80. The predicted octanol–water partition coefficient (Wildman–Crippen LogP) is 4.75. The van der Waals surface area contributed by atoms with Crippen LogP contribution in [0.25, 0.3) is 0 Å². The van der Waals surface area contributed by atoms with Crippen molar-refractivity contribution in [2.45, 2.75) is 57.3 Å². The maximum Gasteiger partial charge on any atom is 0.416 e. The molecule has 0 aromatic heterocycles. The highest BCUT2D eigenvalue weighted by molar-refractivity contribution is 6.31. The van der Waals surface area contributed by atoms with E-state index in [1.54, 1.807) is 12.1 Å². The lowest BCUT2D eigenvalue weighted by Crippen LogP contribution is -2.44. The number of benzene rings is 2. The molecule has 1 heterocycles. The van der Waals surface area contributed by atoms with Gasteiger partial charge in [-0.3, -0.25) is 19.2 Å². The number of amides is 1. The zero-order chi connectivity index (χ0) is 24.6. The average molecular weight is 492 g/mol. The van der Waals surface area contributed by atoms with Gasteiger partial charge in [0.25, 0.3) is 5.91 Å². The van der Waals surface area contributed by atoms with E-state index in [2.05, 4.69) is 0 Å². The maximum absolute atomic E-state index is 12.9. The predicted molar refractivity (Wildman–Crippen MR) is 117 cm³/mol. The fourth-order valence-electron chi connectivity index (χ4n) is 4.46. The molecule has 9 heteroatoms. The van der Waals surface area contributed by atoms with Crippen LogP contribution >= 0.6 is 11.6 Å². The highest BCUT2D eigenvalue weighted by Gasteiger charge is 2.39. The Hall–Kier alpha value is -3.00. The Labute approximate surface area is 198 Å². The van der Waals surface area contributed by atoms with Crippen molar-refractivity contribution in [3.05, 3.63) is 69.2 Å². The summed E-state index contributed by atoms with van der Waals surface area (Å²) >= 11 is 5.98. The number of aryl methyl sites for hydroxylation is 1. The van der Waals surface area contributed by atoms with Gasteiger partial charge < -0.3 is 4.90 Å². The number of hydrogen-bond acceptors (Lipinski definition) is 4. The minimum absolute atomic E-state index is 0.103. The summed E-state index contributed by atoms with van der Waals surface area (Å²) in [5.74, 6) is -0.846. The quantitative estimate of drug-likeness (QED) is 0.547. The van der Waals surface area contributed by atoms with E-state index < -0.39 is 17.8 Å². The number of hydrogen-bond donors (Lipinski definition) is 0. The van der Waals surface area contributed by atoms with Crippen molar-refractivity contribution in [3.8, 4) is 0 Å². The zero-order valence-electron chi connectivity index (χ0n) is 18.1. The van der Waals surface area contributed by atoms with Gasteiger partial charge in [-0.1, -0.05) is 23.7 Å². The van der Waals surface area contributed by atoms with Gasteiger partial charge in [-0.2, -0.15) is 13.2 Å². The first kappa shape index (κ1) is 24.1. The fraction of sp³-hybridized carbons (Fsp3) is 0.360. The Morgan fingerprint density at radius 2 is 1.85 bits per heavy atom. The van der Waals surface area contributed by atoms with Gasteiger partial charge in [0.2, 0.25) is 0 Å². The molecule has 4 rings (SSSR count). The minimum Gasteiger partial charge on any atom is -0.324 e. The Morgan fingerprint density at radius 1 is 1.09 bits per heavy atom. The van der Waals surface area contributed by atoms with E-state index >= 15 is 0 Å². The summed E-state index contributed by atoms with van der Waals surface area (Å²) in [5, 5.41) is 0.108. The third-order valence-corrected chi connectivity index (χ3v) is 6.64. The van der Waals surface area contributed by atoms with Crippen molar-refractivity contribution in [1.82, 2.24) is 4.90 Å². The third kappa shape index (κ3) is 5.06. The van der Waals surface area contributed by atoms with E-state index in [4.69, 9.17) is 11.6 Å². The van der Waals surface area contributed by atoms with Crippen molar-refractivity contribution in [3.63, 3.8) is 0 Å². The summed E-state index contributed by atoms with van der Waals surface area (Å²) in [7, 11) is 0. The van der Waals surface area contributed by atoms with Crippen LogP contribution in [0.4, 0.5) is 13.2 Å². The highest BCUT2D eigenvalue weighted by atomic mass is 35.5. The third-order valence-electron chi connectivity index (χ3n) is 6.27. The summed E-state index contributed by atoms with van der Waals surface area (Å²) in [4.78, 5) is 50.5. The number of Topliss-reactive ketones (excluding diaryl/α,β-unsaturated/α-hetero) is 3. The number of fused-ring (bicyclic) bond motifs is 1. The highest BCUT2D eigenvalue weighted by Crippen LogP contribution is 2.32. The Morgan fingerprint density at radius 3 is 2.56 bits per heavy atom. The van der Waals surface area contributed by atoms with Gasteiger partial charge in [0, 0.05) is 36.4 Å². The standard InChI is InChI=1S/C25H21ClF3NO4/c26-21-7-3-17(25(27,28)29)10-15(21)11-18(31)4-1-14-2-6-20-16(9-14)13-30(24(20)34)22-8-5-19(32)12-23(22)33/h2-3,6-7,9-10,22H,1,4-5,8,11-13H2. The van der Waals surface area contributed by atoms with Gasteiger partial charge in [0.1, 0.15) is 11.6 Å². The molecule has 1 fully saturated rings. The van der Waals surface area contributed by atoms with Crippen LogP contribution in [0.2, 0.25) is 5.02 Å². The van der Waals surface area contributed by atoms with Gasteiger partial charge in [-0.15, -0.1) is 0 Å². The second-order valence-electron chi connectivity index (χ2n) is 8.68. The zero-order valence-corrected chi connectivity index (χ0v) is 18.8. The molecule has 0 saturated heterocycles. The van der Waals surface area contributed by atoms with Crippen LogP contribution in [-0.4, -0.2) is 34.2 Å². The summed E-state index contributed by atoms with van der Waals surface area (Å²) in [6.45, 7) is 0.264. The molecule has 1 aliphatic carbocycles. The maximum atomic E-state index is 12.9. The number of rotatable bonds is 6. The smallest absolute Gasteiger partial charge is 0.324 e. The summed E-state index contributed by atoms with van der Waals surface area (Å²) < 4.78 is 38.8. The molecule has 178 valence electrons. The van der Waals surface area contributed by atoms with E-state index in [-0.39, 0.29) is 66.1 Å². The Balaban J connectivity index is 1.39. The van der Waals surface area contributed by atoms with Crippen molar-refractivity contribution in [1.29, 1.82) is 0 Å². The summed E-state index contributed by atoms with van der Waals surface area (Å²) in [6, 6.07) is 7.54. The molecule has 0 radical (unpaired) electrons. The molecule has 1 atom stereocenters. The molecule has 5 nitrogen and oxygen atoms in total. The normalized spacial score (nSPS) is 18.4. The molecular formula is C25H21ClF3NO4. The van der Waals surface area contributed by atoms with Gasteiger partial charge in [0.05, 0.1) is 18.0 Å². The first-order chi connectivity index (χ1) is 16.0. The lowest BCUT2D eigenvalue weighted by molar-refractivity contribution is -0.138. The molecule has 1 unspecified atom stereocenters. The first-order valence-electron chi connectivity index (χ1n) is 10.9. The molecule has 34 heavy (non-hydrogen) atoms. The molecule has 2 aromatic carbocycles. The number of carbonyl (C=O) groups excluding carboxylic acids is 4. The SMILES string of the molecule is O=C1CCC(N2Cc3cc(CCC(=O)Cc4cc(C(F)(F)F)ccc4Cl)ccc3C2=O)C(=O)C1. The Kier molecular flexibility index (Phi) is 6.62. The molecule has 0 bridgehead atoms. The molecule has 2 aromatic rings. The largest absolute Gasteiger partial charge is 0.416 e. The van der Waals surface area contributed by atoms with Gasteiger partial charge in [0.15, 0.2) is 5.78 Å². The van der Waals surface area contributed by atoms with E-state index in [9.17, 15) is 32.3 Å². The average Bonchev–Trinajstić information content (AvgIpc) is 3.08. The number of carbonyl (C=O) groups is 4. The number of alkyl halides is 3. The van der Waals surface area contributed by atoms with Crippen LogP contribution in [0.3, 0.4) is 0 Å². The second kappa shape index (κ2) is 9.33. The van der Waals surface area contributed by atoms with Crippen LogP contribution in [0.15, 0.2) is 36.4 Å². The van der Waals surface area contributed by atoms with Crippen LogP contribution in [0, 0.1) is 0 Å². The Bertz CT molecular complexity index is 1190. The van der Waals surface area contributed by atoms with E-state index in [1.807, 2.05) is 6.07 Å². The van der Waals surface area contributed by atoms with Crippen molar-refractivity contribution < 1.29 is 32.3 Å². The summed E-state index contributed by atoms with van der Waals surface area (Å²) in [5.41, 5.74) is 1.33. The fourth-order valence-corrected chi connectivity index (χ4v) is 4.65.